The van der Waals surface area contributed by atoms with E-state index in [1.165, 1.54) is 4.57 Å². The predicted molar refractivity (Wildman–Crippen MR) is 135 cm³/mol. The smallest absolute Gasteiger partial charge is 0.296 e. The number of rotatable bonds is 7. The Morgan fingerprint density at radius 1 is 0.972 bits per heavy atom. The van der Waals surface area contributed by atoms with Gasteiger partial charge < -0.3 is 15.0 Å². The number of alkyl halides is 2. The number of anilines is 2. The van der Waals surface area contributed by atoms with E-state index >= 15 is 0 Å². The van der Waals surface area contributed by atoms with Gasteiger partial charge in [-0.25, -0.2) is 13.8 Å². The van der Waals surface area contributed by atoms with Crippen molar-refractivity contribution in [1.29, 1.82) is 0 Å². The lowest BCUT2D eigenvalue weighted by Crippen LogP contribution is -2.39. The van der Waals surface area contributed by atoms with Crippen molar-refractivity contribution in [3.05, 3.63) is 64.9 Å². The zero-order chi connectivity index (χ0) is 25.3. The number of morpholine rings is 1. The first kappa shape index (κ1) is 24.3. The third kappa shape index (κ3) is 5.10. The number of halogens is 3. The second-order valence-electron chi connectivity index (χ2n) is 9.23. The maximum atomic E-state index is 14.0. The summed E-state index contributed by atoms with van der Waals surface area (Å²) >= 11 is 6.39. The van der Waals surface area contributed by atoms with Crippen molar-refractivity contribution < 1.29 is 13.5 Å². The first-order valence-corrected chi connectivity index (χ1v) is 12.0. The Labute approximate surface area is 212 Å². The second-order valence-corrected chi connectivity index (χ2v) is 9.64. The zero-order valence-corrected chi connectivity index (χ0v) is 20.7. The molecule has 1 fully saturated rings. The molecule has 8 nitrogen and oxygen atoms in total. The molecule has 188 valence electrons. The minimum Gasteiger partial charge on any atom is -0.378 e. The molecule has 1 saturated heterocycles. The van der Waals surface area contributed by atoms with Crippen molar-refractivity contribution in [3.63, 3.8) is 0 Å². The van der Waals surface area contributed by atoms with Crippen LogP contribution in [0.25, 0.3) is 17.0 Å². The van der Waals surface area contributed by atoms with Gasteiger partial charge in [-0.05, 0) is 44.0 Å². The van der Waals surface area contributed by atoms with Crippen LogP contribution < -0.4 is 10.2 Å². The number of ether oxygens (including phenoxy) is 1. The summed E-state index contributed by atoms with van der Waals surface area (Å²) in [6.07, 6.45) is -2.22. The highest BCUT2D eigenvalue weighted by molar-refractivity contribution is 6.31. The molecule has 1 aliphatic heterocycles. The molecule has 0 bridgehead atoms. The summed E-state index contributed by atoms with van der Waals surface area (Å²) in [5.41, 5.74) is 1.40. The van der Waals surface area contributed by atoms with Gasteiger partial charge in [0.2, 0.25) is 17.8 Å². The van der Waals surface area contributed by atoms with Crippen LogP contribution in [0.1, 0.15) is 31.7 Å². The summed E-state index contributed by atoms with van der Waals surface area (Å²) in [5.74, 6) is 0.317. The van der Waals surface area contributed by atoms with E-state index in [2.05, 4.69) is 25.3 Å². The van der Waals surface area contributed by atoms with Crippen molar-refractivity contribution in [3.8, 4) is 5.95 Å². The number of hydrogen-bond acceptors (Lipinski definition) is 7. The number of hydrogen-bond donors (Lipinski definition) is 1. The quantitative estimate of drug-likeness (QED) is 0.369. The average Bonchev–Trinajstić information content (AvgIpc) is 3.26. The summed E-state index contributed by atoms with van der Waals surface area (Å²) in [4.78, 5) is 19.9. The topological polar surface area (TPSA) is 81.0 Å². The van der Waals surface area contributed by atoms with E-state index in [1.54, 1.807) is 24.3 Å². The van der Waals surface area contributed by atoms with Crippen LogP contribution in [0.3, 0.4) is 0 Å². The zero-order valence-electron chi connectivity index (χ0n) is 20.0. The maximum absolute atomic E-state index is 14.0. The lowest BCUT2D eigenvalue weighted by Gasteiger charge is -2.29. The molecule has 0 unspecified atom stereocenters. The molecule has 2 aromatic carbocycles. The minimum atomic E-state index is -2.81. The van der Waals surface area contributed by atoms with Gasteiger partial charge in [-0.1, -0.05) is 41.9 Å². The Morgan fingerprint density at radius 3 is 2.42 bits per heavy atom. The van der Waals surface area contributed by atoms with Gasteiger partial charge in [-0.15, -0.1) is 0 Å². The maximum Gasteiger partial charge on any atom is 0.296 e. The van der Waals surface area contributed by atoms with E-state index in [1.807, 2.05) is 43.0 Å². The van der Waals surface area contributed by atoms with Crippen LogP contribution >= 0.6 is 11.6 Å². The van der Waals surface area contributed by atoms with Crippen molar-refractivity contribution in [2.75, 3.05) is 36.5 Å². The molecule has 0 atom stereocenters. The van der Waals surface area contributed by atoms with Crippen LogP contribution in [0.15, 0.2) is 48.5 Å². The van der Waals surface area contributed by atoms with Crippen LogP contribution in [-0.4, -0.2) is 56.3 Å². The average molecular weight is 514 g/mol. The molecule has 0 amide bonds. The number of benzene rings is 2. The summed E-state index contributed by atoms with van der Waals surface area (Å²) in [6, 6.07) is 14.6. The van der Waals surface area contributed by atoms with Crippen LogP contribution in [0.5, 0.6) is 0 Å². The van der Waals surface area contributed by atoms with Gasteiger partial charge in [0.05, 0.1) is 24.2 Å². The molecule has 0 saturated carbocycles. The molecule has 3 heterocycles. The van der Waals surface area contributed by atoms with Crippen LogP contribution in [0.2, 0.25) is 5.02 Å². The first-order chi connectivity index (χ1) is 17.3. The fraction of sp³-hybridized carbons (Fsp3) is 0.360. The Kier molecular flexibility index (Phi) is 6.72. The van der Waals surface area contributed by atoms with Crippen LogP contribution in [0.4, 0.5) is 20.7 Å². The summed E-state index contributed by atoms with van der Waals surface area (Å²) < 4.78 is 34.9. The van der Waals surface area contributed by atoms with E-state index in [9.17, 15) is 8.78 Å². The fourth-order valence-electron chi connectivity index (χ4n) is 4.28. The normalized spacial score (nSPS) is 14.6. The number of nitrogens with one attached hydrogen (secondary N) is 1. The molecule has 0 spiro atoms. The van der Waals surface area contributed by atoms with Crippen molar-refractivity contribution in [2.24, 2.45) is 0 Å². The number of nitrogens with zero attached hydrogens (tertiary/aromatic N) is 6. The Bertz CT molecular complexity index is 1370. The van der Waals surface area contributed by atoms with E-state index in [4.69, 9.17) is 16.3 Å². The molecular formula is C25H26ClF2N7O. The van der Waals surface area contributed by atoms with Gasteiger partial charge in [0.1, 0.15) is 0 Å². The predicted octanol–water partition coefficient (Wildman–Crippen LogP) is 5.07. The standard InChI is InChI=1S/C25H26ClF2N7O/c1-25(2,15-16-7-3-4-8-17(16)26)33-22-30-23(34-11-13-36-14-12-34)32-24(31-22)35-19-10-6-5-9-18(19)29-21(35)20(27)28/h3-10,20H,11-15H2,1-2H3,(H,30,31,32,33). The highest BCUT2D eigenvalue weighted by atomic mass is 35.5. The molecule has 0 aliphatic carbocycles. The molecule has 4 aromatic rings. The largest absolute Gasteiger partial charge is 0.378 e. The van der Waals surface area contributed by atoms with Crippen molar-refractivity contribution >= 4 is 34.5 Å². The van der Waals surface area contributed by atoms with Gasteiger partial charge in [0.15, 0.2) is 5.82 Å². The molecule has 5 rings (SSSR count). The number of aromatic nitrogens is 5. The summed E-state index contributed by atoms with van der Waals surface area (Å²) in [5, 5.41) is 4.04. The van der Waals surface area contributed by atoms with Gasteiger partial charge in [-0.2, -0.15) is 15.0 Å². The van der Waals surface area contributed by atoms with Crippen LogP contribution in [0, 0.1) is 0 Å². The molecule has 1 aliphatic rings. The van der Waals surface area contributed by atoms with Crippen molar-refractivity contribution in [1.82, 2.24) is 24.5 Å². The Balaban J connectivity index is 1.59. The lowest BCUT2D eigenvalue weighted by molar-refractivity contribution is 0.122. The van der Waals surface area contributed by atoms with Gasteiger partial charge in [-0.3, -0.25) is 4.57 Å². The highest BCUT2D eigenvalue weighted by Gasteiger charge is 2.26. The van der Waals surface area contributed by atoms with E-state index < -0.39 is 17.8 Å². The van der Waals surface area contributed by atoms with E-state index in [0.717, 1.165) is 5.56 Å². The monoisotopic (exact) mass is 513 g/mol. The molecule has 2 aromatic heterocycles. The Hall–Kier alpha value is -3.37. The van der Waals surface area contributed by atoms with Gasteiger partial charge >= 0.3 is 0 Å². The second kappa shape index (κ2) is 9.94. The van der Waals surface area contributed by atoms with E-state index in [0.29, 0.717) is 54.7 Å². The third-order valence-electron chi connectivity index (χ3n) is 5.93. The molecule has 36 heavy (non-hydrogen) atoms. The first-order valence-electron chi connectivity index (χ1n) is 11.7. The van der Waals surface area contributed by atoms with E-state index in [-0.39, 0.29) is 11.9 Å². The highest BCUT2D eigenvalue weighted by Crippen LogP contribution is 2.29. The molecular weight excluding hydrogens is 488 g/mol. The molecule has 11 heteroatoms. The van der Waals surface area contributed by atoms with Crippen LogP contribution in [-0.2, 0) is 11.2 Å². The van der Waals surface area contributed by atoms with Gasteiger partial charge in [0, 0.05) is 23.7 Å². The molecule has 0 radical (unpaired) electrons. The number of imidazole rings is 1. The summed E-state index contributed by atoms with van der Waals surface area (Å²) in [6.45, 7) is 6.23. The lowest BCUT2D eigenvalue weighted by atomic mass is 9.95. The molecule has 1 N–H and O–H groups in total. The minimum absolute atomic E-state index is 0.0755. The van der Waals surface area contributed by atoms with Crippen molar-refractivity contribution in [2.45, 2.75) is 32.2 Å². The fourth-order valence-corrected chi connectivity index (χ4v) is 4.48. The SMILES string of the molecule is CC(C)(Cc1ccccc1Cl)Nc1nc(N2CCOCC2)nc(-n2c(C(F)F)nc3ccccc32)n1. The summed E-state index contributed by atoms with van der Waals surface area (Å²) in [7, 11) is 0. The van der Waals surface area contributed by atoms with Gasteiger partial charge in [0.25, 0.3) is 6.43 Å². The Morgan fingerprint density at radius 2 is 1.67 bits per heavy atom. The third-order valence-corrected chi connectivity index (χ3v) is 6.30. The number of fused-ring (bicyclic) bond motifs is 1. The number of para-hydroxylation sites is 2.